The van der Waals surface area contributed by atoms with Gasteiger partial charge in [0.25, 0.3) is 0 Å². The van der Waals surface area contributed by atoms with Gasteiger partial charge in [0, 0.05) is 5.56 Å². The van der Waals surface area contributed by atoms with Gasteiger partial charge < -0.3 is 15.6 Å². The first-order valence-corrected chi connectivity index (χ1v) is 4.62. The van der Waals surface area contributed by atoms with Crippen LogP contribution < -0.4 is 10.5 Å². The second-order valence-corrected chi connectivity index (χ2v) is 3.23. The molecule has 0 saturated heterocycles. The summed E-state index contributed by atoms with van der Waals surface area (Å²) < 4.78 is 5.02. The number of hydrogen-bond donors (Lipinski definition) is 2. The molecule has 0 heterocycles. The molecule has 1 aromatic rings. The quantitative estimate of drug-likeness (QED) is 0.783. The Kier molecular flexibility index (Phi) is 3.86. The van der Waals surface area contributed by atoms with Crippen LogP contribution in [0.2, 0.25) is 0 Å². The van der Waals surface area contributed by atoms with Crippen molar-refractivity contribution in [2.24, 2.45) is 5.73 Å². The fourth-order valence-electron chi connectivity index (χ4n) is 1.36. The van der Waals surface area contributed by atoms with Crippen LogP contribution in [0.4, 0.5) is 0 Å². The number of aliphatic carboxylic acids is 1. The average molecular weight is 220 g/mol. The first kappa shape index (κ1) is 12.0. The molecular weight excluding hydrogens is 208 g/mol. The Morgan fingerprint density at radius 3 is 2.88 bits per heavy atom. The van der Waals surface area contributed by atoms with E-state index >= 15 is 0 Å². The molecule has 0 fully saturated rings. The van der Waals surface area contributed by atoms with Gasteiger partial charge in [0.1, 0.15) is 11.8 Å². The maximum Gasteiger partial charge on any atom is 0.325 e. The van der Waals surface area contributed by atoms with E-state index < -0.39 is 12.0 Å². The number of carboxylic acids is 1. The zero-order chi connectivity index (χ0) is 12.1. The van der Waals surface area contributed by atoms with Crippen molar-refractivity contribution in [1.29, 1.82) is 5.26 Å². The lowest BCUT2D eigenvalue weighted by Crippen LogP contribution is -2.21. The third kappa shape index (κ3) is 2.49. The highest BCUT2D eigenvalue weighted by molar-refractivity contribution is 5.76. The molecule has 0 aliphatic heterocycles. The van der Waals surface area contributed by atoms with E-state index in [1.165, 1.54) is 7.11 Å². The second kappa shape index (κ2) is 5.14. The van der Waals surface area contributed by atoms with Crippen LogP contribution in [0, 0.1) is 11.3 Å². The predicted octanol–water partition coefficient (Wildman–Crippen LogP) is 0.846. The molecule has 84 valence electrons. The molecule has 0 radical (unpaired) electrons. The molecule has 0 spiro atoms. The smallest absolute Gasteiger partial charge is 0.325 e. The normalized spacial score (nSPS) is 11.6. The van der Waals surface area contributed by atoms with Gasteiger partial charge in [-0.05, 0) is 17.7 Å². The van der Waals surface area contributed by atoms with Crippen LogP contribution in [0.3, 0.4) is 0 Å². The van der Waals surface area contributed by atoms with E-state index in [-0.39, 0.29) is 6.42 Å². The van der Waals surface area contributed by atoms with E-state index in [4.69, 9.17) is 20.8 Å². The molecule has 1 rings (SSSR count). The van der Waals surface area contributed by atoms with E-state index in [0.29, 0.717) is 11.3 Å². The average Bonchev–Trinajstić information content (AvgIpc) is 2.28. The van der Waals surface area contributed by atoms with Crippen molar-refractivity contribution >= 4 is 5.97 Å². The number of nitrogens with two attached hydrogens (primary N) is 1. The van der Waals surface area contributed by atoms with E-state index in [1.54, 1.807) is 18.2 Å². The summed E-state index contributed by atoms with van der Waals surface area (Å²) in [7, 11) is 1.44. The topological polar surface area (TPSA) is 96.3 Å². The van der Waals surface area contributed by atoms with Gasteiger partial charge in [-0.15, -0.1) is 0 Å². The highest BCUT2D eigenvalue weighted by Crippen LogP contribution is 2.25. The molecule has 0 unspecified atom stereocenters. The minimum atomic E-state index is -1.14. The predicted molar refractivity (Wildman–Crippen MR) is 56.9 cm³/mol. The van der Waals surface area contributed by atoms with Gasteiger partial charge in [0.2, 0.25) is 0 Å². The maximum atomic E-state index is 10.8. The first-order chi connectivity index (χ1) is 7.60. The van der Waals surface area contributed by atoms with Gasteiger partial charge in [-0.2, -0.15) is 5.26 Å². The molecule has 0 saturated carbocycles. The van der Waals surface area contributed by atoms with Crippen molar-refractivity contribution in [2.75, 3.05) is 7.11 Å². The second-order valence-electron chi connectivity index (χ2n) is 3.23. The van der Waals surface area contributed by atoms with Crippen molar-refractivity contribution in [1.82, 2.24) is 0 Å². The van der Waals surface area contributed by atoms with E-state index in [2.05, 4.69) is 0 Å². The Labute approximate surface area is 93.1 Å². The lowest BCUT2D eigenvalue weighted by Gasteiger charge is -2.12. The monoisotopic (exact) mass is 220 g/mol. The van der Waals surface area contributed by atoms with E-state index in [0.717, 1.165) is 5.56 Å². The Morgan fingerprint density at radius 1 is 1.69 bits per heavy atom. The van der Waals surface area contributed by atoms with Crippen molar-refractivity contribution in [3.05, 3.63) is 29.3 Å². The molecular formula is C11H12N2O3. The van der Waals surface area contributed by atoms with Gasteiger partial charge in [-0.1, -0.05) is 6.07 Å². The summed E-state index contributed by atoms with van der Waals surface area (Å²) in [5, 5.41) is 17.4. The Balaban J connectivity index is 3.17. The number of benzene rings is 1. The van der Waals surface area contributed by atoms with E-state index in [9.17, 15) is 4.79 Å². The standard InChI is InChI=1S/C11H12N2O3/c1-16-9-3-2-7(4-5-12)6-8(9)10(13)11(14)15/h2-3,6,10H,4,13H2,1H3,(H,14,15)/t10-/m0/s1. The van der Waals surface area contributed by atoms with Gasteiger partial charge in [0.15, 0.2) is 0 Å². The van der Waals surface area contributed by atoms with Crippen LogP contribution in [-0.4, -0.2) is 18.2 Å². The zero-order valence-corrected chi connectivity index (χ0v) is 8.80. The molecule has 0 bridgehead atoms. The molecule has 5 nitrogen and oxygen atoms in total. The first-order valence-electron chi connectivity index (χ1n) is 4.62. The number of carboxylic acid groups (broad SMARTS) is 1. The summed E-state index contributed by atoms with van der Waals surface area (Å²) in [6.07, 6.45) is 0.212. The third-order valence-corrected chi connectivity index (χ3v) is 2.18. The fourth-order valence-corrected chi connectivity index (χ4v) is 1.36. The van der Waals surface area contributed by atoms with Crippen LogP contribution in [0.15, 0.2) is 18.2 Å². The van der Waals surface area contributed by atoms with Crippen molar-refractivity contribution in [3.63, 3.8) is 0 Å². The lowest BCUT2D eigenvalue weighted by molar-refractivity contribution is -0.138. The number of rotatable bonds is 4. The highest BCUT2D eigenvalue weighted by Gasteiger charge is 2.19. The SMILES string of the molecule is COc1ccc(CC#N)cc1[C@H](N)C(=O)O. The van der Waals surface area contributed by atoms with Crippen molar-refractivity contribution in [2.45, 2.75) is 12.5 Å². The van der Waals surface area contributed by atoms with Gasteiger partial charge in [0.05, 0.1) is 19.6 Å². The Morgan fingerprint density at radius 2 is 2.38 bits per heavy atom. The summed E-state index contributed by atoms with van der Waals surface area (Å²) >= 11 is 0. The number of methoxy groups -OCH3 is 1. The number of hydrogen-bond acceptors (Lipinski definition) is 4. The zero-order valence-electron chi connectivity index (χ0n) is 8.80. The summed E-state index contributed by atoms with van der Waals surface area (Å²) in [6.45, 7) is 0. The molecule has 1 aromatic carbocycles. The largest absolute Gasteiger partial charge is 0.496 e. The minimum absolute atomic E-state index is 0.212. The van der Waals surface area contributed by atoms with Gasteiger partial charge >= 0.3 is 5.97 Å². The summed E-state index contributed by atoms with van der Waals surface area (Å²) in [6, 6.07) is 5.75. The van der Waals surface area contributed by atoms with Gasteiger partial charge in [-0.3, -0.25) is 4.79 Å². The molecule has 3 N–H and O–H groups in total. The summed E-state index contributed by atoms with van der Waals surface area (Å²) in [5.74, 6) is -0.719. The summed E-state index contributed by atoms with van der Waals surface area (Å²) in [5.41, 5.74) is 6.61. The van der Waals surface area contributed by atoms with E-state index in [1.807, 2.05) is 6.07 Å². The summed E-state index contributed by atoms with van der Waals surface area (Å²) in [4.78, 5) is 10.8. The number of nitriles is 1. The molecule has 0 aromatic heterocycles. The van der Waals surface area contributed by atoms with Crippen LogP contribution in [0.1, 0.15) is 17.2 Å². The van der Waals surface area contributed by atoms with Gasteiger partial charge in [-0.25, -0.2) is 0 Å². The molecule has 0 aliphatic rings. The van der Waals surface area contributed by atoms with Crippen molar-refractivity contribution in [3.8, 4) is 11.8 Å². The van der Waals surface area contributed by atoms with Crippen molar-refractivity contribution < 1.29 is 14.6 Å². The molecule has 0 amide bonds. The Bertz CT molecular complexity index is 437. The lowest BCUT2D eigenvalue weighted by atomic mass is 10.0. The molecule has 1 atom stereocenters. The Hall–Kier alpha value is -2.06. The van der Waals surface area contributed by atoms with Crippen LogP contribution in [0.25, 0.3) is 0 Å². The molecule has 0 aliphatic carbocycles. The van der Waals surface area contributed by atoms with Crippen LogP contribution in [0.5, 0.6) is 5.75 Å². The third-order valence-electron chi connectivity index (χ3n) is 2.18. The fraction of sp³-hybridized carbons (Fsp3) is 0.273. The molecule has 16 heavy (non-hydrogen) atoms. The molecule has 5 heteroatoms. The highest BCUT2D eigenvalue weighted by atomic mass is 16.5. The number of nitrogens with zero attached hydrogens (tertiary/aromatic N) is 1. The minimum Gasteiger partial charge on any atom is -0.496 e. The maximum absolute atomic E-state index is 10.8. The number of ether oxygens (including phenoxy) is 1. The van der Waals surface area contributed by atoms with Crippen LogP contribution >= 0.6 is 0 Å². The van der Waals surface area contributed by atoms with Crippen LogP contribution in [-0.2, 0) is 11.2 Å². The number of carbonyl (C=O) groups is 1.